The van der Waals surface area contributed by atoms with E-state index in [-0.39, 0.29) is 17.9 Å². The Labute approximate surface area is 126 Å². The van der Waals surface area contributed by atoms with Crippen LogP contribution in [-0.2, 0) is 9.59 Å². The Bertz CT molecular complexity index is 386. The van der Waals surface area contributed by atoms with E-state index in [1.54, 1.807) is 4.90 Å². The Morgan fingerprint density at radius 3 is 2.62 bits per heavy atom. The Hall–Kier alpha value is -1.10. The summed E-state index contributed by atoms with van der Waals surface area (Å²) in [4.78, 5) is 26.1. The second kappa shape index (κ2) is 7.25. The fourth-order valence-electron chi connectivity index (χ4n) is 3.99. The average Bonchev–Trinajstić information content (AvgIpc) is 2.50. The predicted octanol–water partition coefficient (Wildman–Crippen LogP) is 2.00. The van der Waals surface area contributed by atoms with Crippen molar-refractivity contribution < 1.29 is 14.7 Å². The normalized spacial score (nSPS) is 30.6. The van der Waals surface area contributed by atoms with Crippen LogP contribution in [0.1, 0.15) is 58.3 Å². The molecule has 2 rings (SSSR count). The van der Waals surface area contributed by atoms with Gasteiger partial charge in [-0.05, 0) is 51.0 Å². The van der Waals surface area contributed by atoms with Gasteiger partial charge in [-0.1, -0.05) is 19.8 Å². The van der Waals surface area contributed by atoms with Crippen LogP contribution in [0, 0.1) is 11.8 Å². The van der Waals surface area contributed by atoms with Crippen molar-refractivity contribution in [3.05, 3.63) is 0 Å². The monoisotopic (exact) mass is 296 g/mol. The summed E-state index contributed by atoms with van der Waals surface area (Å²) in [6.07, 6.45) is 7.52. The number of fused-ring (bicyclic) bond motifs is 1. The average molecular weight is 296 g/mol. The van der Waals surface area contributed by atoms with Gasteiger partial charge in [-0.15, -0.1) is 0 Å². The van der Waals surface area contributed by atoms with Gasteiger partial charge in [0.15, 0.2) is 0 Å². The van der Waals surface area contributed by atoms with E-state index in [1.165, 1.54) is 6.42 Å². The summed E-state index contributed by atoms with van der Waals surface area (Å²) >= 11 is 0. The van der Waals surface area contributed by atoms with Gasteiger partial charge in [-0.3, -0.25) is 4.79 Å². The van der Waals surface area contributed by atoms with Gasteiger partial charge in [-0.25, -0.2) is 4.79 Å². The van der Waals surface area contributed by atoms with E-state index in [0.717, 1.165) is 38.5 Å². The topological polar surface area (TPSA) is 83.6 Å². The molecular weight excluding hydrogens is 268 g/mol. The molecule has 0 aromatic carbocycles. The van der Waals surface area contributed by atoms with Crippen LogP contribution in [0.5, 0.6) is 0 Å². The minimum atomic E-state index is -0.849. The van der Waals surface area contributed by atoms with Crippen LogP contribution in [0.4, 0.5) is 0 Å². The number of rotatable bonds is 5. The highest BCUT2D eigenvalue weighted by atomic mass is 16.4. The van der Waals surface area contributed by atoms with E-state index in [0.29, 0.717) is 18.9 Å². The highest BCUT2D eigenvalue weighted by Crippen LogP contribution is 2.38. The van der Waals surface area contributed by atoms with Crippen molar-refractivity contribution in [3.8, 4) is 0 Å². The first-order chi connectivity index (χ1) is 10.1. The van der Waals surface area contributed by atoms with Crippen LogP contribution in [0.2, 0.25) is 0 Å². The zero-order chi connectivity index (χ0) is 15.4. The van der Waals surface area contributed by atoms with Crippen molar-refractivity contribution in [2.45, 2.75) is 70.4 Å². The molecule has 1 heterocycles. The number of hydrogen-bond acceptors (Lipinski definition) is 3. The molecule has 0 bridgehead atoms. The maximum atomic E-state index is 12.8. The summed E-state index contributed by atoms with van der Waals surface area (Å²) in [6, 6.07) is -0.487. The van der Waals surface area contributed by atoms with Crippen molar-refractivity contribution in [1.82, 2.24) is 4.90 Å². The third-order valence-corrected chi connectivity index (χ3v) is 5.18. The third kappa shape index (κ3) is 3.57. The molecule has 1 aliphatic heterocycles. The highest BCUT2D eigenvalue weighted by molar-refractivity contribution is 5.85. The maximum Gasteiger partial charge on any atom is 0.326 e. The van der Waals surface area contributed by atoms with Crippen molar-refractivity contribution in [2.75, 3.05) is 6.54 Å². The first kappa shape index (κ1) is 16.3. The minimum absolute atomic E-state index is 0.0208. The van der Waals surface area contributed by atoms with Crippen LogP contribution >= 0.6 is 0 Å². The van der Waals surface area contributed by atoms with Crippen LogP contribution in [-0.4, -0.2) is 40.5 Å². The smallest absolute Gasteiger partial charge is 0.326 e. The Balaban J connectivity index is 2.15. The largest absolute Gasteiger partial charge is 0.480 e. The van der Waals surface area contributed by atoms with Gasteiger partial charge in [0.2, 0.25) is 5.91 Å². The van der Waals surface area contributed by atoms with E-state index in [4.69, 9.17) is 5.73 Å². The van der Waals surface area contributed by atoms with Gasteiger partial charge in [0, 0.05) is 12.0 Å². The van der Waals surface area contributed by atoms with Crippen molar-refractivity contribution >= 4 is 11.9 Å². The predicted molar refractivity (Wildman–Crippen MR) is 80.7 cm³/mol. The molecule has 120 valence electrons. The lowest BCUT2D eigenvalue weighted by Crippen LogP contribution is -2.58. The van der Waals surface area contributed by atoms with Crippen molar-refractivity contribution in [1.29, 1.82) is 0 Å². The Morgan fingerprint density at radius 1 is 1.24 bits per heavy atom. The molecule has 0 aromatic heterocycles. The number of nitrogens with zero attached hydrogens (tertiary/aromatic N) is 1. The molecule has 2 fully saturated rings. The molecule has 1 saturated heterocycles. The van der Waals surface area contributed by atoms with Crippen LogP contribution < -0.4 is 5.73 Å². The first-order valence-electron chi connectivity index (χ1n) is 8.31. The second-order valence-electron chi connectivity index (χ2n) is 6.62. The Morgan fingerprint density at radius 2 is 1.95 bits per heavy atom. The van der Waals surface area contributed by atoms with E-state index in [2.05, 4.69) is 0 Å². The summed E-state index contributed by atoms with van der Waals surface area (Å²) in [5.74, 6) is -0.457. The number of nitrogens with two attached hydrogens (primary N) is 1. The number of likely N-dealkylation sites (tertiary alicyclic amines) is 1. The zero-order valence-electron chi connectivity index (χ0n) is 13.0. The van der Waals surface area contributed by atoms with E-state index in [1.807, 2.05) is 6.92 Å². The molecular formula is C16H28N2O3. The molecule has 5 nitrogen and oxygen atoms in total. The highest BCUT2D eigenvalue weighted by Gasteiger charge is 2.44. The summed E-state index contributed by atoms with van der Waals surface area (Å²) in [5, 5.41) is 9.49. The summed E-state index contributed by atoms with van der Waals surface area (Å²) < 4.78 is 0. The van der Waals surface area contributed by atoms with Crippen LogP contribution in [0.3, 0.4) is 0 Å². The summed E-state index contributed by atoms with van der Waals surface area (Å²) in [6.45, 7) is 2.48. The van der Waals surface area contributed by atoms with Gasteiger partial charge in [0.1, 0.15) is 6.04 Å². The lowest BCUT2D eigenvalue weighted by Gasteiger charge is -2.48. The number of amides is 1. The standard InChI is InChI=1S/C16H28N2O3/c1-11(5-4-10-17)15(19)18-13-7-3-2-6-12(13)8-9-14(18)16(20)21/h11-14H,2-10,17H2,1H3,(H,20,21). The molecule has 0 aromatic rings. The van der Waals surface area contributed by atoms with Gasteiger partial charge >= 0.3 is 5.97 Å². The third-order valence-electron chi connectivity index (χ3n) is 5.18. The molecule has 3 N–H and O–H groups in total. The number of carboxylic acids is 1. The minimum Gasteiger partial charge on any atom is -0.480 e. The number of hydrogen-bond donors (Lipinski definition) is 2. The lowest BCUT2D eigenvalue weighted by atomic mass is 9.75. The molecule has 4 atom stereocenters. The molecule has 2 aliphatic rings. The lowest BCUT2D eigenvalue weighted by molar-refractivity contribution is -0.160. The number of carboxylic acid groups (broad SMARTS) is 1. The quantitative estimate of drug-likeness (QED) is 0.812. The van der Waals surface area contributed by atoms with Gasteiger partial charge in [-0.2, -0.15) is 0 Å². The summed E-state index contributed by atoms with van der Waals surface area (Å²) in [5.41, 5.74) is 5.52. The Kier molecular flexibility index (Phi) is 5.62. The van der Waals surface area contributed by atoms with Crippen molar-refractivity contribution in [3.63, 3.8) is 0 Å². The first-order valence-corrected chi connectivity index (χ1v) is 8.31. The van der Waals surface area contributed by atoms with E-state index < -0.39 is 12.0 Å². The number of piperidine rings is 1. The van der Waals surface area contributed by atoms with Gasteiger partial charge in [0.05, 0.1) is 0 Å². The summed E-state index contributed by atoms with van der Waals surface area (Å²) in [7, 11) is 0. The fraction of sp³-hybridized carbons (Fsp3) is 0.875. The molecule has 21 heavy (non-hydrogen) atoms. The molecule has 5 heteroatoms. The van der Waals surface area contributed by atoms with Gasteiger partial charge < -0.3 is 15.7 Å². The number of carbonyl (C=O) groups excluding carboxylic acids is 1. The van der Waals surface area contributed by atoms with Gasteiger partial charge in [0.25, 0.3) is 0 Å². The molecule has 0 spiro atoms. The van der Waals surface area contributed by atoms with E-state index in [9.17, 15) is 14.7 Å². The number of carbonyl (C=O) groups is 2. The molecule has 1 aliphatic carbocycles. The maximum absolute atomic E-state index is 12.8. The number of aliphatic carboxylic acids is 1. The SMILES string of the molecule is CC(CCCN)C(=O)N1C(C(=O)O)CCC2CCCCC21. The van der Waals surface area contributed by atoms with Crippen LogP contribution in [0.25, 0.3) is 0 Å². The molecule has 4 unspecified atom stereocenters. The molecule has 0 radical (unpaired) electrons. The fourth-order valence-corrected chi connectivity index (χ4v) is 3.99. The molecule has 1 saturated carbocycles. The zero-order valence-corrected chi connectivity index (χ0v) is 13.0. The molecule has 1 amide bonds. The second-order valence-corrected chi connectivity index (χ2v) is 6.62. The van der Waals surface area contributed by atoms with Crippen LogP contribution in [0.15, 0.2) is 0 Å². The van der Waals surface area contributed by atoms with Crippen molar-refractivity contribution in [2.24, 2.45) is 17.6 Å². The van der Waals surface area contributed by atoms with E-state index >= 15 is 0 Å².